The first kappa shape index (κ1) is 17.2. The van der Waals surface area contributed by atoms with Gasteiger partial charge in [-0.15, -0.1) is 11.3 Å². The van der Waals surface area contributed by atoms with E-state index >= 15 is 0 Å². The number of anilines is 1. The molecule has 0 aliphatic rings. The van der Waals surface area contributed by atoms with Crippen LogP contribution < -0.4 is 5.32 Å². The number of nitrogens with one attached hydrogen (secondary N) is 1. The molecule has 0 aliphatic carbocycles. The highest BCUT2D eigenvalue weighted by atomic mass is 32.1. The number of thiophene rings is 1. The number of nitrogens with zero attached hydrogens (tertiary/aromatic N) is 2. The number of aryl methyl sites for hydroxylation is 4. The molecule has 0 saturated carbocycles. The molecule has 0 aromatic carbocycles. The van der Waals surface area contributed by atoms with Gasteiger partial charge in [0.05, 0.1) is 22.6 Å². The average Bonchev–Trinajstić information content (AvgIpc) is 2.92. The second kappa shape index (κ2) is 6.54. The number of amides is 1. The maximum atomic E-state index is 12.3. The SMILES string of the molecule is Cc1cc(C(=O)OC(C)C(=O)Nc2c(C)nn(C)c2C)c(C)s1. The second-order valence-corrected chi connectivity index (χ2v) is 6.99. The molecule has 124 valence electrons. The molecule has 7 heteroatoms. The fraction of sp³-hybridized carbons (Fsp3) is 0.438. The Hall–Kier alpha value is -2.15. The maximum absolute atomic E-state index is 12.3. The van der Waals surface area contributed by atoms with Crippen molar-refractivity contribution in [3.8, 4) is 0 Å². The highest BCUT2D eigenvalue weighted by molar-refractivity contribution is 7.12. The summed E-state index contributed by atoms with van der Waals surface area (Å²) in [7, 11) is 1.81. The fourth-order valence-electron chi connectivity index (χ4n) is 2.29. The lowest BCUT2D eigenvalue weighted by Gasteiger charge is -2.13. The lowest BCUT2D eigenvalue weighted by Crippen LogP contribution is -2.30. The van der Waals surface area contributed by atoms with Crippen molar-refractivity contribution in [2.24, 2.45) is 7.05 Å². The highest BCUT2D eigenvalue weighted by Crippen LogP contribution is 2.22. The predicted octanol–water partition coefficient (Wildman–Crippen LogP) is 2.90. The Morgan fingerprint density at radius 2 is 1.96 bits per heavy atom. The summed E-state index contributed by atoms with van der Waals surface area (Å²) >= 11 is 1.53. The van der Waals surface area contributed by atoms with Gasteiger partial charge in [0.1, 0.15) is 0 Å². The molecular weight excluding hydrogens is 314 g/mol. The van der Waals surface area contributed by atoms with Gasteiger partial charge in [-0.05, 0) is 40.7 Å². The van der Waals surface area contributed by atoms with Crippen LogP contribution in [0.25, 0.3) is 0 Å². The van der Waals surface area contributed by atoms with Crippen molar-refractivity contribution in [1.82, 2.24) is 9.78 Å². The zero-order valence-electron chi connectivity index (χ0n) is 14.2. The zero-order valence-corrected chi connectivity index (χ0v) is 15.0. The smallest absolute Gasteiger partial charge is 0.340 e. The minimum atomic E-state index is -0.888. The molecule has 1 N–H and O–H groups in total. The predicted molar refractivity (Wildman–Crippen MR) is 90.0 cm³/mol. The summed E-state index contributed by atoms with van der Waals surface area (Å²) in [6, 6.07) is 1.78. The van der Waals surface area contributed by atoms with Gasteiger partial charge in [-0.1, -0.05) is 0 Å². The van der Waals surface area contributed by atoms with E-state index in [9.17, 15) is 9.59 Å². The monoisotopic (exact) mass is 335 g/mol. The third-order valence-electron chi connectivity index (χ3n) is 3.67. The van der Waals surface area contributed by atoms with Crippen LogP contribution >= 0.6 is 11.3 Å². The lowest BCUT2D eigenvalue weighted by atomic mass is 10.2. The molecule has 0 aliphatic heterocycles. The summed E-state index contributed by atoms with van der Waals surface area (Å²) in [6.45, 7) is 9.03. The maximum Gasteiger partial charge on any atom is 0.340 e. The lowest BCUT2D eigenvalue weighted by molar-refractivity contribution is -0.123. The van der Waals surface area contributed by atoms with Crippen molar-refractivity contribution < 1.29 is 14.3 Å². The molecule has 2 rings (SSSR count). The van der Waals surface area contributed by atoms with Crippen LogP contribution in [-0.2, 0) is 16.6 Å². The largest absolute Gasteiger partial charge is 0.449 e. The summed E-state index contributed by atoms with van der Waals surface area (Å²) < 4.78 is 6.97. The first-order valence-corrected chi connectivity index (χ1v) is 8.11. The van der Waals surface area contributed by atoms with Gasteiger partial charge in [-0.3, -0.25) is 9.48 Å². The van der Waals surface area contributed by atoms with Crippen LogP contribution in [0.5, 0.6) is 0 Å². The average molecular weight is 335 g/mol. The minimum absolute atomic E-state index is 0.373. The molecule has 1 amide bonds. The first-order valence-electron chi connectivity index (χ1n) is 7.29. The normalized spacial score (nSPS) is 12.1. The van der Waals surface area contributed by atoms with E-state index in [-0.39, 0.29) is 5.91 Å². The standard InChI is InChI=1S/C16H21N3O3S/c1-8-7-13(12(5)23-8)16(21)22-11(4)15(20)17-14-9(2)18-19(6)10(14)3/h7,11H,1-6H3,(H,17,20). The number of esters is 1. The highest BCUT2D eigenvalue weighted by Gasteiger charge is 2.23. The Balaban J connectivity index is 2.05. The number of hydrogen-bond acceptors (Lipinski definition) is 5. The number of carbonyl (C=O) groups is 2. The first-order chi connectivity index (χ1) is 10.7. The van der Waals surface area contributed by atoms with Crippen LogP contribution in [0.3, 0.4) is 0 Å². The molecule has 1 atom stereocenters. The molecule has 2 aromatic rings. The van der Waals surface area contributed by atoms with E-state index in [4.69, 9.17) is 4.74 Å². The van der Waals surface area contributed by atoms with Crippen LogP contribution in [-0.4, -0.2) is 27.8 Å². The van der Waals surface area contributed by atoms with Gasteiger partial charge in [0.25, 0.3) is 5.91 Å². The van der Waals surface area contributed by atoms with E-state index in [0.717, 1.165) is 21.1 Å². The van der Waals surface area contributed by atoms with Gasteiger partial charge in [0, 0.05) is 16.8 Å². The summed E-state index contributed by atoms with van der Waals surface area (Å²) in [5, 5.41) is 7.02. The Bertz CT molecular complexity index is 761. The Kier molecular flexibility index (Phi) is 4.89. The molecule has 2 heterocycles. The molecule has 0 bridgehead atoms. The molecule has 0 saturated heterocycles. The Morgan fingerprint density at radius 3 is 2.43 bits per heavy atom. The molecule has 0 fully saturated rings. The van der Waals surface area contributed by atoms with Gasteiger partial charge >= 0.3 is 5.97 Å². The van der Waals surface area contributed by atoms with Gasteiger partial charge in [0.2, 0.25) is 0 Å². The molecular formula is C16H21N3O3S. The summed E-state index contributed by atoms with van der Waals surface area (Å²) in [6.07, 6.45) is -0.888. The van der Waals surface area contributed by atoms with E-state index in [1.54, 1.807) is 17.7 Å². The van der Waals surface area contributed by atoms with Crippen LogP contribution in [0.2, 0.25) is 0 Å². The molecule has 0 spiro atoms. The van der Waals surface area contributed by atoms with Crippen LogP contribution in [0.1, 0.15) is 38.4 Å². The number of ether oxygens (including phenoxy) is 1. The Labute approximate surface area is 139 Å². The summed E-state index contributed by atoms with van der Waals surface area (Å²) in [4.78, 5) is 26.4. The molecule has 0 radical (unpaired) electrons. The number of carbonyl (C=O) groups excluding carboxylic acids is 2. The van der Waals surface area contributed by atoms with Crippen LogP contribution in [0.4, 0.5) is 5.69 Å². The number of hydrogen-bond donors (Lipinski definition) is 1. The summed E-state index contributed by atoms with van der Waals surface area (Å²) in [5.41, 5.74) is 2.74. The topological polar surface area (TPSA) is 73.2 Å². The van der Waals surface area contributed by atoms with Crippen molar-refractivity contribution >= 4 is 28.9 Å². The zero-order chi connectivity index (χ0) is 17.3. The van der Waals surface area contributed by atoms with E-state index < -0.39 is 12.1 Å². The van der Waals surface area contributed by atoms with E-state index in [1.807, 2.05) is 34.7 Å². The van der Waals surface area contributed by atoms with Crippen molar-refractivity contribution in [3.05, 3.63) is 32.8 Å². The van der Waals surface area contributed by atoms with Gasteiger partial charge in [0.15, 0.2) is 6.10 Å². The Morgan fingerprint density at radius 1 is 1.30 bits per heavy atom. The van der Waals surface area contributed by atoms with Gasteiger partial charge < -0.3 is 10.1 Å². The fourth-order valence-corrected chi connectivity index (χ4v) is 3.20. The van der Waals surface area contributed by atoms with Gasteiger partial charge in [-0.25, -0.2) is 4.79 Å². The van der Waals surface area contributed by atoms with Crippen LogP contribution in [0.15, 0.2) is 6.07 Å². The van der Waals surface area contributed by atoms with Crippen LogP contribution in [0, 0.1) is 27.7 Å². The number of aromatic nitrogens is 2. The third-order valence-corrected chi connectivity index (χ3v) is 4.64. The van der Waals surface area contributed by atoms with E-state index in [2.05, 4.69) is 10.4 Å². The summed E-state index contributed by atoms with van der Waals surface area (Å²) in [5.74, 6) is -0.851. The molecule has 6 nitrogen and oxygen atoms in total. The molecule has 23 heavy (non-hydrogen) atoms. The van der Waals surface area contributed by atoms with Crippen molar-refractivity contribution in [2.75, 3.05) is 5.32 Å². The van der Waals surface area contributed by atoms with E-state index in [1.165, 1.54) is 11.3 Å². The van der Waals surface area contributed by atoms with E-state index in [0.29, 0.717) is 11.3 Å². The van der Waals surface area contributed by atoms with Crippen molar-refractivity contribution in [3.63, 3.8) is 0 Å². The quantitative estimate of drug-likeness (QED) is 0.872. The van der Waals surface area contributed by atoms with Crippen molar-refractivity contribution in [2.45, 2.75) is 40.7 Å². The van der Waals surface area contributed by atoms with Crippen molar-refractivity contribution in [1.29, 1.82) is 0 Å². The van der Waals surface area contributed by atoms with Gasteiger partial charge in [-0.2, -0.15) is 5.10 Å². The molecule has 1 unspecified atom stereocenters. The second-order valence-electron chi connectivity index (χ2n) is 5.53. The molecule has 2 aromatic heterocycles. The number of rotatable bonds is 4. The minimum Gasteiger partial charge on any atom is -0.449 e. The third kappa shape index (κ3) is 3.61.